The first-order valence-corrected chi connectivity index (χ1v) is 10.8. The summed E-state index contributed by atoms with van der Waals surface area (Å²) in [5.74, 6) is -1.17. The van der Waals surface area contributed by atoms with Crippen LogP contribution in [0.25, 0.3) is 11.0 Å². The monoisotopic (exact) mass is 407 g/mol. The van der Waals surface area contributed by atoms with Crippen molar-refractivity contribution in [3.8, 4) is 0 Å². The summed E-state index contributed by atoms with van der Waals surface area (Å²) in [4.78, 5) is 29.2. The Morgan fingerprint density at radius 1 is 1.21 bits per heavy atom. The zero-order valence-electron chi connectivity index (χ0n) is 16.1. The fraction of sp³-hybridized carbons (Fsp3) is 0.304. The molecular weight excluding hydrogens is 386 g/mol. The smallest absolute Gasteiger partial charge is 0.290 e. The molecule has 1 N–H and O–H groups in total. The van der Waals surface area contributed by atoms with Crippen LogP contribution >= 0.6 is 11.3 Å². The Bertz CT molecular complexity index is 1120. The predicted molar refractivity (Wildman–Crippen MR) is 111 cm³/mol. The van der Waals surface area contributed by atoms with E-state index in [1.807, 2.05) is 36.6 Å². The van der Waals surface area contributed by atoms with Crippen LogP contribution in [0.5, 0.6) is 0 Å². The van der Waals surface area contributed by atoms with Crippen LogP contribution in [0, 0.1) is 6.92 Å². The van der Waals surface area contributed by atoms with Gasteiger partial charge in [-0.05, 0) is 48.9 Å². The summed E-state index contributed by atoms with van der Waals surface area (Å²) in [5.41, 5.74) is 1.75. The molecule has 1 fully saturated rings. The molecule has 1 unspecified atom stereocenters. The van der Waals surface area contributed by atoms with E-state index >= 15 is 0 Å². The normalized spacial score (nSPS) is 20.4. The summed E-state index contributed by atoms with van der Waals surface area (Å²) < 4.78 is 5.76. The number of aliphatic hydroxyl groups excluding tert-OH is 1. The van der Waals surface area contributed by atoms with Crippen LogP contribution in [0.15, 0.2) is 57.5 Å². The van der Waals surface area contributed by atoms with Crippen molar-refractivity contribution in [1.29, 1.82) is 0 Å². The second-order valence-corrected chi connectivity index (χ2v) is 8.71. The number of Topliss-reactive ketones (excluding diaryl/α,β-unsaturated/α-hetero) is 1. The van der Waals surface area contributed by atoms with Gasteiger partial charge in [-0.2, -0.15) is 0 Å². The van der Waals surface area contributed by atoms with Gasteiger partial charge in [0.25, 0.3) is 5.91 Å². The fourth-order valence-corrected chi connectivity index (χ4v) is 5.60. The van der Waals surface area contributed by atoms with Gasteiger partial charge in [0, 0.05) is 16.3 Å². The fourth-order valence-electron chi connectivity index (χ4n) is 4.56. The second kappa shape index (κ2) is 6.88. The molecule has 0 radical (unpaired) electrons. The molecule has 1 aliphatic carbocycles. The number of hydrogen-bond donors (Lipinski definition) is 1. The number of aliphatic hydroxyl groups is 1. The third kappa shape index (κ3) is 2.82. The van der Waals surface area contributed by atoms with E-state index < -0.39 is 23.5 Å². The average Bonchev–Trinajstić information content (AvgIpc) is 3.49. The minimum absolute atomic E-state index is 0.0390. The first-order chi connectivity index (χ1) is 14.1. The van der Waals surface area contributed by atoms with Gasteiger partial charge >= 0.3 is 0 Å². The molecule has 2 aromatic heterocycles. The summed E-state index contributed by atoms with van der Waals surface area (Å²) in [7, 11) is 0. The van der Waals surface area contributed by atoms with Crippen LogP contribution in [0.2, 0.25) is 0 Å². The number of fused-ring (bicyclic) bond motifs is 1. The lowest BCUT2D eigenvalue weighted by molar-refractivity contribution is -0.131. The quantitative estimate of drug-likeness (QED) is 0.594. The lowest BCUT2D eigenvalue weighted by Crippen LogP contribution is -2.38. The van der Waals surface area contributed by atoms with Crippen LogP contribution < -0.4 is 0 Å². The molecule has 3 heterocycles. The van der Waals surface area contributed by atoms with Crippen molar-refractivity contribution >= 4 is 34.0 Å². The molecule has 6 heteroatoms. The van der Waals surface area contributed by atoms with E-state index in [1.54, 1.807) is 17.0 Å². The maximum Gasteiger partial charge on any atom is 0.290 e. The molecule has 1 aromatic carbocycles. The maximum atomic E-state index is 13.5. The van der Waals surface area contributed by atoms with Crippen molar-refractivity contribution in [3.63, 3.8) is 0 Å². The first kappa shape index (κ1) is 18.2. The molecular formula is C23H21NO4S. The van der Waals surface area contributed by atoms with Crippen molar-refractivity contribution in [2.75, 3.05) is 0 Å². The lowest BCUT2D eigenvalue weighted by Gasteiger charge is -2.31. The van der Waals surface area contributed by atoms with Gasteiger partial charge in [-0.15, -0.1) is 11.3 Å². The number of thiophene rings is 1. The molecule has 5 nitrogen and oxygen atoms in total. The largest absolute Gasteiger partial charge is 0.503 e. The average molecular weight is 407 g/mol. The number of benzene rings is 1. The van der Waals surface area contributed by atoms with Gasteiger partial charge in [0.05, 0.1) is 5.57 Å². The van der Waals surface area contributed by atoms with E-state index in [9.17, 15) is 14.7 Å². The van der Waals surface area contributed by atoms with Gasteiger partial charge in [-0.25, -0.2) is 0 Å². The van der Waals surface area contributed by atoms with Gasteiger partial charge in [-0.1, -0.05) is 31.0 Å². The predicted octanol–water partition coefficient (Wildman–Crippen LogP) is 5.32. The second-order valence-electron chi connectivity index (χ2n) is 7.76. The number of para-hydroxylation sites is 1. The van der Waals surface area contributed by atoms with Crippen LogP contribution in [0.4, 0.5) is 0 Å². The van der Waals surface area contributed by atoms with E-state index in [4.69, 9.17) is 4.42 Å². The minimum Gasteiger partial charge on any atom is -0.503 e. The number of ketones is 1. The number of nitrogens with zero attached hydrogens (tertiary/aromatic N) is 1. The highest BCUT2D eigenvalue weighted by Crippen LogP contribution is 2.45. The highest BCUT2D eigenvalue weighted by Gasteiger charge is 2.48. The lowest BCUT2D eigenvalue weighted by atomic mass is 9.97. The summed E-state index contributed by atoms with van der Waals surface area (Å²) in [6.07, 6.45) is 3.90. The molecule has 1 atom stereocenters. The highest BCUT2D eigenvalue weighted by molar-refractivity contribution is 7.10. The van der Waals surface area contributed by atoms with Crippen molar-refractivity contribution in [3.05, 3.63) is 69.3 Å². The van der Waals surface area contributed by atoms with Crippen molar-refractivity contribution in [1.82, 2.24) is 4.90 Å². The Morgan fingerprint density at radius 2 is 1.97 bits per heavy atom. The van der Waals surface area contributed by atoms with E-state index in [-0.39, 0.29) is 17.4 Å². The summed E-state index contributed by atoms with van der Waals surface area (Å²) in [5, 5.41) is 13.6. The number of carbonyl (C=O) groups excluding carboxylic acids is 2. The molecule has 1 saturated carbocycles. The molecule has 0 spiro atoms. The number of rotatable bonds is 4. The van der Waals surface area contributed by atoms with Crippen molar-refractivity contribution < 1.29 is 19.1 Å². The van der Waals surface area contributed by atoms with Gasteiger partial charge in [0.1, 0.15) is 11.6 Å². The number of amides is 1. The zero-order chi connectivity index (χ0) is 20.1. The molecule has 2 aliphatic rings. The Labute approximate surface area is 172 Å². The van der Waals surface area contributed by atoms with Crippen LogP contribution in [-0.4, -0.2) is 27.7 Å². The molecule has 0 bridgehead atoms. The van der Waals surface area contributed by atoms with Gasteiger partial charge in [-0.3, -0.25) is 9.59 Å². The zero-order valence-corrected chi connectivity index (χ0v) is 16.9. The van der Waals surface area contributed by atoms with Crippen LogP contribution in [-0.2, 0) is 4.79 Å². The number of aryl methyl sites for hydroxylation is 1. The molecule has 3 aromatic rings. The molecule has 0 saturated heterocycles. The number of furan rings is 1. The molecule has 148 valence electrons. The third-order valence-electron chi connectivity index (χ3n) is 6.01. The van der Waals surface area contributed by atoms with E-state index in [0.29, 0.717) is 5.58 Å². The van der Waals surface area contributed by atoms with Crippen LogP contribution in [0.1, 0.15) is 52.7 Å². The molecule has 1 aliphatic heterocycles. The Kier molecular flexibility index (Phi) is 4.32. The van der Waals surface area contributed by atoms with Crippen molar-refractivity contribution in [2.24, 2.45) is 0 Å². The van der Waals surface area contributed by atoms with Gasteiger partial charge in [0.2, 0.25) is 5.78 Å². The van der Waals surface area contributed by atoms with Gasteiger partial charge < -0.3 is 14.4 Å². The molecule has 5 rings (SSSR count). The minimum atomic E-state index is -0.564. The summed E-state index contributed by atoms with van der Waals surface area (Å²) >= 11 is 1.51. The topological polar surface area (TPSA) is 70.7 Å². The Morgan fingerprint density at radius 3 is 2.66 bits per heavy atom. The number of carbonyl (C=O) groups is 2. The Hall–Kier alpha value is -2.86. The SMILES string of the molecule is Cc1ccsc1C1C(C(=O)c2cc3ccccc3o2)=C(O)C(=O)N1C1CCCC1. The summed E-state index contributed by atoms with van der Waals surface area (Å²) in [6.45, 7) is 1.97. The molecule has 29 heavy (non-hydrogen) atoms. The standard InChI is InChI=1S/C23H21NO4S/c1-13-10-11-29-22(13)19-18(21(26)23(27)24(19)15-7-3-4-8-15)20(25)17-12-14-6-2-5-9-16(14)28-17/h2,5-6,9-12,15,19,26H,3-4,7-8H2,1H3. The number of hydrogen-bond acceptors (Lipinski definition) is 5. The summed E-state index contributed by atoms with van der Waals surface area (Å²) in [6, 6.07) is 10.5. The van der Waals surface area contributed by atoms with Gasteiger partial charge in [0.15, 0.2) is 11.5 Å². The van der Waals surface area contributed by atoms with E-state index in [1.165, 1.54) is 11.3 Å². The maximum absolute atomic E-state index is 13.5. The first-order valence-electron chi connectivity index (χ1n) is 9.89. The third-order valence-corrected chi connectivity index (χ3v) is 7.08. The Balaban J connectivity index is 1.63. The molecule has 1 amide bonds. The van der Waals surface area contributed by atoms with Crippen molar-refractivity contribution in [2.45, 2.75) is 44.7 Å². The van der Waals surface area contributed by atoms with Crippen LogP contribution in [0.3, 0.4) is 0 Å². The van der Waals surface area contributed by atoms with E-state index in [2.05, 4.69) is 0 Å². The highest BCUT2D eigenvalue weighted by atomic mass is 32.1. The van der Waals surface area contributed by atoms with E-state index in [0.717, 1.165) is 41.5 Å².